The molecule has 15 atom stereocenters. The van der Waals surface area contributed by atoms with Crippen LogP contribution in [0.2, 0.25) is 0 Å². The normalized spacial score (nSPS) is 47.8. The Morgan fingerprint density at radius 3 is 1.50 bits per heavy atom. The maximum absolute atomic E-state index is 12.4. The maximum Gasteiger partial charge on any atom is 0.337 e. The first-order valence-electron chi connectivity index (χ1n) is 11.0. The van der Waals surface area contributed by atoms with E-state index in [-0.39, 0.29) is 0 Å². The molecule has 0 spiro atoms. The quantitative estimate of drug-likeness (QED) is 0.129. The molecule has 19 heteroatoms. The number of hydrogen-bond donors (Lipinski definition) is 10. The largest absolute Gasteiger partial charge is 0.479 e. The maximum atomic E-state index is 12.4. The summed E-state index contributed by atoms with van der Waals surface area (Å²) in [6.45, 7) is 0. The lowest BCUT2D eigenvalue weighted by Crippen LogP contribution is -2.67. The Hall–Kier alpha value is -2.11. The monoisotopic (exact) mass is 560 g/mol. The van der Waals surface area contributed by atoms with Gasteiger partial charge in [0.25, 0.3) is 0 Å². The molecule has 0 aromatic rings. The molecule has 1 unspecified atom stereocenters. The van der Waals surface area contributed by atoms with Gasteiger partial charge in [0.05, 0.1) is 7.11 Å². The highest BCUT2D eigenvalue weighted by Gasteiger charge is 2.56. The van der Waals surface area contributed by atoms with Gasteiger partial charge in [-0.1, -0.05) is 0 Å². The number of hydrogen-bond acceptors (Lipinski definition) is 17. The van der Waals surface area contributed by atoms with Crippen molar-refractivity contribution in [2.45, 2.75) is 92.1 Å². The van der Waals surface area contributed by atoms with Gasteiger partial charge < -0.3 is 79.5 Å². The Morgan fingerprint density at radius 1 is 0.553 bits per heavy atom. The lowest BCUT2D eigenvalue weighted by atomic mass is 9.95. The first-order valence-corrected chi connectivity index (χ1v) is 11.0. The molecule has 0 saturated carbocycles. The lowest BCUT2D eigenvalue weighted by Gasteiger charge is -2.46. The number of rotatable bonds is 7. The molecule has 0 aliphatic carbocycles. The van der Waals surface area contributed by atoms with Crippen molar-refractivity contribution >= 4 is 17.9 Å². The summed E-state index contributed by atoms with van der Waals surface area (Å²) in [5, 5.41) is 99.3. The highest BCUT2D eigenvalue weighted by Crippen LogP contribution is 2.32. The van der Waals surface area contributed by atoms with Gasteiger partial charge in [0.2, 0.25) is 0 Å². The molecular weight excluding hydrogens is 532 g/mol. The van der Waals surface area contributed by atoms with E-state index in [4.69, 9.17) is 23.7 Å². The van der Waals surface area contributed by atoms with Crippen LogP contribution < -0.4 is 0 Å². The number of carboxylic acid groups (broad SMARTS) is 2. The van der Waals surface area contributed by atoms with Gasteiger partial charge in [0.15, 0.2) is 37.2 Å². The SMILES string of the molecule is COC(=O)[C@H]1O[C@H](O[C@@H]2[C@H](O)[C@@H](O)C(O)O[C@@H]2C(=O)O)[C@H](O)[C@@H](O)[C@H]1O[C@H]1O[C@H](C(=O)O)[C@H](O)[C@H](O)[C@H]1O. The fourth-order valence-corrected chi connectivity index (χ4v) is 4.08. The van der Waals surface area contributed by atoms with Gasteiger partial charge in [0, 0.05) is 0 Å². The summed E-state index contributed by atoms with van der Waals surface area (Å²) >= 11 is 0. The minimum Gasteiger partial charge on any atom is -0.479 e. The van der Waals surface area contributed by atoms with Crippen molar-refractivity contribution in [2.75, 3.05) is 7.11 Å². The zero-order valence-electron chi connectivity index (χ0n) is 19.3. The fraction of sp³-hybridized carbons (Fsp3) is 0.842. The summed E-state index contributed by atoms with van der Waals surface area (Å²) in [5.41, 5.74) is 0. The number of carbonyl (C=O) groups is 3. The third kappa shape index (κ3) is 5.74. The fourth-order valence-electron chi connectivity index (χ4n) is 4.08. The van der Waals surface area contributed by atoms with Gasteiger partial charge in [-0.25, -0.2) is 14.4 Å². The number of ether oxygens (including phenoxy) is 6. The van der Waals surface area contributed by atoms with Crippen LogP contribution in [0.1, 0.15) is 0 Å². The number of esters is 1. The van der Waals surface area contributed by atoms with E-state index in [0.717, 1.165) is 7.11 Å². The number of aliphatic hydroxyl groups excluding tert-OH is 8. The Kier molecular flexibility index (Phi) is 9.58. The Labute approximate surface area is 211 Å². The number of carbonyl (C=O) groups excluding carboxylic acids is 1. The zero-order chi connectivity index (χ0) is 28.6. The molecule has 38 heavy (non-hydrogen) atoms. The number of methoxy groups -OCH3 is 1. The highest BCUT2D eigenvalue weighted by molar-refractivity contribution is 5.76. The van der Waals surface area contributed by atoms with Crippen LogP contribution in [0, 0.1) is 0 Å². The molecule has 0 radical (unpaired) electrons. The molecule has 19 nitrogen and oxygen atoms in total. The summed E-state index contributed by atoms with van der Waals surface area (Å²) < 4.78 is 30.0. The number of aliphatic carboxylic acids is 2. The summed E-state index contributed by atoms with van der Waals surface area (Å²) in [4.78, 5) is 35.3. The van der Waals surface area contributed by atoms with E-state index in [2.05, 4.69) is 4.74 Å². The van der Waals surface area contributed by atoms with Crippen LogP contribution in [0.25, 0.3) is 0 Å². The van der Waals surface area contributed by atoms with Gasteiger partial charge >= 0.3 is 17.9 Å². The van der Waals surface area contributed by atoms with Crippen LogP contribution in [0.15, 0.2) is 0 Å². The molecule has 3 aliphatic heterocycles. The van der Waals surface area contributed by atoms with E-state index in [0.29, 0.717) is 0 Å². The number of carboxylic acids is 2. The van der Waals surface area contributed by atoms with Gasteiger partial charge in [-0.05, 0) is 0 Å². The molecule has 3 rings (SSSR count). The van der Waals surface area contributed by atoms with E-state index in [9.17, 15) is 65.4 Å². The molecule has 3 fully saturated rings. The Balaban J connectivity index is 1.84. The molecule has 0 amide bonds. The van der Waals surface area contributed by atoms with Crippen molar-refractivity contribution in [1.29, 1.82) is 0 Å². The van der Waals surface area contributed by atoms with Gasteiger partial charge in [-0.3, -0.25) is 0 Å². The second-order valence-corrected chi connectivity index (χ2v) is 8.63. The number of aliphatic hydroxyl groups is 8. The summed E-state index contributed by atoms with van der Waals surface area (Å²) in [6.07, 6.45) is -31.6. The molecule has 10 N–H and O–H groups in total. The molecule has 0 aromatic carbocycles. The Morgan fingerprint density at radius 2 is 1.00 bits per heavy atom. The van der Waals surface area contributed by atoms with Crippen LogP contribution in [0.3, 0.4) is 0 Å². The predicted molar refractivity (Wildman–Crippen MR) is 107 cm³/mol. The van der Waals surface area contributed by atoms with Crippen molar-refractivity contribution in [3.63, 3.8) is 0 Å². The Bertz CT molecular complexity index is 869. The zero-order valence-corrected chi connectivity index (χ0v) is 19.3. The molecule has 3 heterocycles. The van der Waals surface area contributed by atoms with Gasteiger partial charge in [-0.2, -0.15) is 0 Å². The van der Waals surface area contributed by atoms with Crippen LogP contribution in [-0.4, -0.2) is 168 Å². The summed E-state index contributed by atoms with van der Waals surface area (Å²) in [5.74, 6) is -4.82. The van der Waals surface area contributed by atoms with E-state index < -0.39 is 110 Å². The van der Waals surface area contributed by atoms with Crippen LogP contribution >= 0.6 is 0 Å². The molecule has 0 aromatic heterocycles. The molecular formula is C19H28O19. The lowest BCUT2D eigenvalue weighted by molar-refractivity contribution is -0.368. The topological polar surface area (TPSA) is 309 Å². The summed E-state index contributed by atoms with van der Waals surface area (Å²) in [7, 11) is 0.874. The third-order valence-corrected chi connectivity index (χ3v) is 6.18. The second kappa shape index (κ2) is 12.0. The van der Waals surface area contributed by atoms with Crippen molar-refractivity contribution in [1.82, 2.24) is 0 Å². The van der Waals surface area contributed by atoms with E-state index in [1.165, 1.54) is 0 Å². The predicted octanol–water partition coefficient (Wildman–Crippen LogP) is -7.21. The molecule has 3 saturated heterocycles. The highest BCUT2D eigenvalue weighted by atomic mass is 16.8. The van der Waals surface area contributed by atoms with Crippen LogP contribution in [-0.2, 0) is 42.8 Å². The van der Waals surface area contributed by atoms with Crippen LogP contribution in [0.4, 0.5) is 0 Å². The minimum atomic E-state index is -2.21. The first-order chi connectivity index (χ1) is 17.7. The van der Waals surface area contributed by atoms with E-state index >= 15 is 0 Å². The minimum absolute atomic E-state index is 0.874. The van der Waals surface area contributed by atoms with Crippen molar-refractivity contribution < 1.29 is 93.9 Å². The molecule has 0 bridgehead atoms. The van der Waals surface area contributed by atoms with Crippen molar-refractivity contribution in [3.8, 4) is 0 Å². The van der Waals surface area contributed by atoms with Crippen LogP contribution in [0.5, 0.6) is 0 Å². The van der Waals surface area contributed by atoms with Gasteiger partial charge in [0.1, 0.15) is 54.9 Å². The molecule has 218 valence electrons. The first kappa shape index (κ1) is 30.4. The standard InChI is InChI=1S/C19H28O19/c1-33-17(32)13-10(36-18-7(25)2(20)3(21)11(37-18)14(27)28)5(23)8(26)19(38-13)35-9-4(22)6(24)16(31)34-12(9)15(29)30/h2-13,16,18-26,31H,1H3,(H,27,28)(H,29,30)/t2-,3+,4+,5+,6+,7+,8+,9+,10+,11-,12-,13-,16?,18-,19-/m0/s1. The average molecular weight is 560 g/mol. The summed E-state index contributed by atoms with van der Waals surface area (Å²) in [6, 6.07) is 0. The van der Waals surface area contributed by atoms with E-state index in [1.54, 1.807) is 0 Å². The van der Waals surface area contributed by atoms with Crippen molar-refractivity contribution in [3.05, 3.63) is 0 Å². The smallest absolute Gasteiger partial charge is 0.337 e. The molecule has 3 aliphatic rings. The average Bonchev–Trinajstić information content (AvgIpc) is 2.87. The second-order valence-electron chi connectivity index (χ2n) is 8.63. The third-order valence-electron chi connectivity index (χ3n) is 6.18. The van der Waals surface area contributed by atoms with Crippen molar-refractivity contribution in [2.24, 2.45) is 0 Å². The van der Waals surface area contributed by atoms with Gasteiger partial charge in [-0.15, -0.1) is 0 Å². The van der Waals surface area contributed by atoms with E-state index in [1.807, 2.05) is 0 Å².